The lowest BCUT2D eigenvalue weighted by molar-refractivity contribution is 0.102. The van der Waals surface area contributed by atoms with Crippen LogP contribution in [0.2, 0.25) is 0 Å². The van der Waals surface area contributed by atoms with E-state index in [-0.39, 0.29) is 11.8 Å². The number of fused-ring (bicyclic) bond motifs is 2. The molecule has 0 saturated heterocycles. The Morgan fingerprint density at radius 3 is 2.50 bits per heavy atom. The van der Waals surface area contributed by atoms with Crippen molar-refractivity contribution >= 4 is 50.3 Å². The third-order valence-corrected chi connectivity index (χ3v) is 7.06. The number of anilines is 5. The van der Waals surface area contributed by atoms with Gasteiger partial charge in [-0.15, -0.1) is 0 Å². The highest BCUT2D eigenvalue weighted by molar-refractivity contribution is 7.92. The van der Waals surface area contributed by atoms with E-state index < -0.39 is 10.0 Å². The van der Waals surface area contributed by atoms with Gasteiger partial charge in [0, 0.05) is 24.5 Å². The minimum atomic E-state index is -3.47. The fraction of sp³-hybridized carbons (Fsp3) is 0.0800. The van der Waals surface area contributed by atoms with Crippen LogP contribution in [0.5, 0.6) is 0 Å². The van der Waals surface area contributed by atoms with Crippen molar-refractivity contribution in [3.63, 3.8) is 0 Å². The number of aromatic nitrogens is 2. The first kappa shape index (κ1) is 23.1. The second-order valence-corrected chi connectivity index (χ2v) is 10.3. The molecule has 0 bridgehead atoms. The van der Waals surface area contributed by atoms with Crippen LogP contribution in [-0.4, -0.2) is 43.7 Å². The maximum absolute atomic E-state index is 13.0. The molecule has 11 heteroatoms. The molecule has 3 aromatic carbocycles. The van der Waals surface area contributed by atoms with Crippen molar-refractivity contribution in [1.82, 2.24) is 10.2 Å². The predicted octanol–water partition coefficient (Wildman–Crippen LogP) is 4.03. The standard InChI is InChI=1S/C25H22N6O4S/c1-31(36(2,34)35)23-6-4-3-5-18(23)15-7-9-19-21(11-15)29-20-10-8-17(12-22(20)30-25(19)33)28-24(32)16-13-26-27-14-16/h3-14,29H,1-2H3,(H,26,27)(H,28,32)(H,30,33). The molecular weight excluding hydrogens is 480 g/mol. The van der Waals surface area contributed by atoms with Crippen molar-refractivity contribution in [2.45, 2.75) is 0 Å². The van der Waals surface area contributed by atoms with Crippen molar-refractivity contribution in [3.8, 4) is 11.1 Å². The van der Waals surface area contributed by atoms with Gasteiger partial charge in [0.15, 0.2) is 0 Å². The van der Waals surface area contributed by atoms with Gasteiger partial charge >= 0.3 is 0 Å². The fourth-order valence-corrected chi connectivity index (χ4v) is 4.45. The van der Waals surface area contributed by atoms with Crippen LogP contribution < -0.4 is 20.3 Å². The molecule has 10 nitrogen and oxygen atoms in total. The van der Waals surface area contributed by atoms with Gasteiger partial charge in [0.05, 0.1) is 46.3 Å². The minimum absolute atomic E-state index is 0.317. The molecular formula is C25H22N6O4S. The molecule has 5 rings (SSSR count). The Kier molecular flexibility index (Phi) is 5.69. The smallest absolute Gasteiger partial charge is 0.258 e. The normalized spacial score (nSPS) is 12.4. The third-order valence-electron chi connectivity index (χ3n) is 5.87. The number of carbonyl (C=O) groups excluding carboxylic acids is 2. The Morgan fingerprint density at radius 2 is 1.75 bits per heavy atom. The fourth-order valence-electron chi connectivity index (χ4n) is 3.93. The lowest BCUT2D eigenvalue weighted by Crippen LogP contribution is -2.25. The molecule has 0 atom stereocenters. The summed E-state index contributed by atoms with van der Waals surface area (Å²) in [5, 5.41) is 15.3. The molecule has 1 aromatic heterocycles. The molecule has 4 N–H and O–H groups in total. The van der Waals surface area contributed by atoms with E-state index in [0.717, 1.165) is 11.8 Å². The number of rotatable bonds is 5. The Balaban J connectivity index is 1.48. The van der Waals surface area contributed by atoms with E-state index in [2.05, 4.69) is 26.1 Å². The lowest BCUT2D eigenvalue weighted by atomic mass is 10.0. The van der Waals surface area contributed by atoms with Crippen LogP contribution in [0.4, 0.5) is 28.4 Å². The van der Waals surface area contributed by atoms with Crippen molar-refractivity contribution < 1.29 is 18.0 Å². The molecule has 0 radical (unpaired) electrons. The molecule has 2 amide bonds. The average molecular weight is 503 g/mol. The zero-order valence-electron chi connectivity index (χ0n) is 19.4. The van der Waals surface area contributed by atoms with Crippen LogP contribution in [0, 0.1) is 0 Å². The average Bonchev–Trinajstić information content (AvgIpc) is 3.35. The van der Waals surface area contributed by atoms with Gasteiger partial charge in [0.2, 0.25) is 10.0 Å². The molecule has 4 aromatic rings. The van der Waals surface area contributed by atoms with Gasteiger partial charge < -0.3 is 16.0 Å². The molecule has 1 aliphatic heterocycles. The summed E-state index contributed by atoms with van der Waals surface area (Å²) in [5.74, 6) is -0.648. The van der Waals surface area contributed by atoms with E-state index in [1.165, 1.54) is 23.7 Å². The second-order valence-electron chi connectivity index (χ2n) is 8.29. The summed E-state index contributed by atoms with van der Waals surface area (Å²) in [6.45, 7) is 0. The molecule has 182 valence electrons. The first-order chi connectivity index (χ1) is 17.2. The van der Waals surface area contributed by atoms with E-state index in [1.54, 1.807) is 42.5 Å². The van der Waals surface area contributed by atoms with Crippen molar-refractivity contribution in [2.75, 3.05) is 33.6 Å². The summed E-state index contributed by atoms with van der Waals surface area (Å²) in [6.07, 6.45) is 4.06. The summed E-state index contributed by atoms with van der Waals surface area (Å²) in [4.78, 5) is 25.4. The van der Waals surface area contributed by atoms with Crippen LogP contribution in [0.1, 0.15) is 20.7 Å². The Morgan fingerprint density at radius 1 is 0.944 bits per heavy atom. The van der Waals surface area contributed by atoms with Gasteiger partial charge in [-0.3, -0.25) is 19.0 Å². The highest BCUT2D eigenvalue weighted by Gasteiger charge is 2.22. The minimum Gasteiger partial charge on any atom is -0.353 e. The lowest BCUT2D eigenvalue weighted by Gasteiger charge is -2.21. The van der Waals surface area contributed by atoms with Crippen LogP contribution in [-0.2, 0) is 10.0 Å². The number of benzene rings is 3. The zero-order valence-corrected chi connectivity index (χ0v) is 20.2. The van der Waals surface area contributed by atoms with E-state index in [0.29, 0.717) is 45.1 Å². The summed E-state index contributed by atoms with van der Waals surface area (Å²) < 4.78 is 25.6. The number of hydrogen-bond donors (Lipinski definition) is 4. The highest BCUT2D eigenvalue weighted by Crippen LogP contribution is 2.38. The summed E-state index contributed by atoms with van der Waals surface area (Å²) in [6, 6.07) is 17.6. The largest absolute Gasteiger partial charge is 0.353 e. The molecule has 2 heterocycles. The number of sulfonamides is 1. The Hall–Kier alpha value is -4.64. The Labute approximate surface area is 207 Å². The number of nitrogens with zero attached hydrogens (tertiary/aromatic N) is 2. The molecule has 0 saturated carbocycles. The topological polar surface area (TPSA) is 136 Å². The molecule has 0 fully saturated rings. The number of H-pyrrole nitrogens is 1. The van der Waals surface area contributed by atoms with Gasteiger partial charge in [-0.1, -0.05) is 24.3 Å². The van der Waals surface area contributed by atoms with Crippen molar-refractivity contribution in [3.05, 3.63) is 84.2 Å². The van der Waals surface area contributed by atoms with Crippen LogP contribution >= 0.6 is 0 Å². The first-order valence-electron chi connectivity index (χ1n) is 10.9. The maximum Gasteiger partial charge on any atom is 0.258 e. The highest BCUT2D eigenvalue weighted by atomic mass is 32.2. The summed E-state index contributed by atoms with van der Waals surface area (Å²) in [5.41, 5.74) is 4.99. The molecule has 36 heavy (non-hydrogen) atoms. The number of aromatic amines is 1. The van der Waals surface area contributed by atoms with Crippen LogP contribution in [0.25, 0.3) is 11.1 Å². The predicted molar refractivity (Wildman–Crippen MR) is 139 cm³/mol. The zero-order chi connectivity index (χ0) is 25.4. The number of para-hydroxylation sites is 1. The first-order valence-corrected chi connectivity index (χ1v) is 12.8. The number of hydrogen-bond acceptors (Lipinski definition) is 6. The van der Waals surface area contributed by atoms with Crippen LogP contribution in [0.3, 0.4) is 0 Å². The van der Waals surface area contributed by atoms with Crippen LogP contribution in [0.15, 0.2) is 73.1 Å². The molecule has 0 spiro atoms. The van der Waals surface area contributed by atoms with Gasteiger partial charge in [-0.2, -0.15) is 5.10 Å². The van der Waals surface area contributed by atoms with Gasteiger partial charge in [-0.05, 0) is 42.0 Å². The molecule has 0 unspecified atom stereocenters. The molecule has 0 aliphatic carbocycles. The summed E-state index contributed by atoms with van der Waals surface area (Å²) >= 11 is 0. The second kappa shape index (κ2) is 8.86. The monoisotopic (exact) mass is 502 g/mol. The third kappa shape index (κ3) is 4.39. The SMILES string of the molecule is CN(c1ccccc1-c1ccc2c(c1)Nc1ccc(NC(=O)c3cn[nH]c3)cc1NC2=O)S(C)(=O)=O. The maximum atomic E-state index is 13.0. The van der Waals surface area contributed by atoms with E-state index in [1.807, 2.05) is 18.2 Å². The number of amides is 2. The number of nitrogens with one attached hydrogen (secondary N) is 4. The Bertz CT molecular complexity index is 1600. The van der Waals surface area contributed by atoms with E-state index in [9.17, 15) is 18.0 Å². The van der Waals surface area contributed by atoms with Crippen molar-refractivity contribution in [1.29, 1.82) is 0 Å². The van der Waals surface area contributed by atoms with Gasteiger partial charge in [0.1, 0.15) is 0 Å². The summed E-state index contributed by atoms with van der Waals surface area (Å²) in [7, 11) is -1.96. The van der Waals surface area contributed by atoms with Crippen molar-refractivity contribution in [2.24, 2.45) is 0 Å². The van der Waals surface area contributed by atoms with Gasteiger partial charge in [-0.25, -0.2) is 8.42 Å². The van der Waals surface area contributed by atoms with E-state index in [4.69, 9.17) is 0 Å². The van der Waals surface area contributed by atoms with Gasteiger partial charge in [0.25, 0.3) is 11.8 Å². The molecule has 1 aliphatic rings. The van der Waals surface area contributed by atoms with E-state index >= 15 is 0 Å². The quantitative estimate of drug-likeness (QED) is 0.325. The number of carbonyl (C=O) groups is 2.